The van der Waals surface area contributed by atoms with Crippen LogP contribution in [0.3, 0.4) is 0 Å². The number of aryl methyl sites for hydroxylation is 2. The van der Waals surface area contributed by atoms with Gasteiger partial charge < -0.3 is 14.8 Å². The van der Waals surface area contributed by atoms with Crippen LogP contribution >= 0.6 is 0 Å². The fourth-order valence-corrected chi connectivity index (χ4v) is 2.34. The van der Waals surface area contributed by atoms with Gasteiger partial charge in [0, 0.05) is 11.3 Å². The van der Waals surface area contributed by atoms with Gasteiger partial charge in [-0.15, -0.1) is 0 Å². The number of methoxy groups -OCH3 is 2. The minimum atomic E-state index is 0.122. The molecule has 0 amide bonds. The van der Waals surface area contributed by atoms with E-state index in [1.807, 2.05) is 18.2 Å². The highest BCUT2D eigenvalue weighted by Gasteiger charge is 2.13. The van der Waals surface area contributed by atoms with E-state index in [1.165, 1.54) is 11.1 Å². The van der Waals surface area contributed by atoms with Gasteiger partial charge in [-0.05, 0) is 62.2 Å². The van der Waals surface area contributed by atoms with Gasteiger partial charge in [-0.2, -0.15) is 0 Å². The third-order valence-corrected chi connectivity index (χ3v) is 3.79. The summed E-state index contributed by atoms with van der Waals surface area (Å²) in [6, 6.07) is 12.4. The highest BCUT2D eigenvalue weighted by Crippen LogP contribution is 2.31. The first-order chi connectivity index (χ1) is 10.0. The fraction of sp³-hybridized carbons (Fsp3) is 0.333. The standard InChI is InChI=1S/C18H23NO2/c1-12-6-7-15(10-13(12)2)19-14(3)17-11-16(20-4)8-9-18(17)21-5/h6-11,14,19H,1-5H3/t14-/m1/s1. The summed E-state index contributed by atoms with van der Waals surface area (Å²) >= 11 is 0. The second kappa shape index (κ2) is 6.53. The van der Waals surface area contributed by atoms with Crippen molar-refractivity contribution in [2.45, 2.75) is 26.8 Å². The summed E-state index contributed by atoms with van der Waals surface area (Å²) in [7, 11) is 3.36. The van der Waals surface area contributed by atoms with E-state index in [-0.39, 0.29) is 6.04 Å². The molecule has 0 saturated carbocycles. The SMILES string of the molecule is COc1ccc(OC)c([C@@H](C)Nc2ccc(C)c(C)c2)c1. The van der Waals surface area contributed by atoms with Gasteiger partial charge in [-0.3, -0.25) is 0 Å². The van der Waals surface area contributed by atoms with Crippen molar-refractivity contribution in [1.82, 2.24) is 0 Å². The zero-order valence-corrected chi connectivity index (χ0v) is 13.4. The van der Waals surface area contributed by atoms with E-state index >= 15 is 0 Å². The minimum absolute atomic E-state index is 0.122. The molecule has 0 bridgehead atoms. The summed E-state index contributed by atoms with van der Waals surface area (Å²) in [4.78, 5) is 0. The molecule has 0 fully saturated rings. The number of hydrogen-bond donors (Lipinski definition) is 1. The lowest BCUT2D eigenvalue weighted by atomic mass is 10.0. The number of benzene rings is 2. The van der Waals surface area contributed by atoms with Crippen LogP contribution in [0.5, 0.6) is 11.5 Å². The summed E-state index contributed by atoms with van der Waals surface area (Å²) in [5, 5.41) is 3.52. The number of nitrogens with one attached hydrogen (secondary N) is 1. The lowest BCUT2D eigenvalue weighted by Gasteiger charge is -2.20. The molecule has 0 radical (unpaired) electrons. The van der Waals surface area contributed by atoms with Gasteiger partial charge in [0.05, 0.1) is 20.3 Å². The molecule has 0 unspecified atom stereocenters. The second-order valence-electron chi connectivity index (χ2n) is 5.27. The van der Waals surface area contributed by atoms with Crippen LogP contribution in [-0.4, -0.2) is 14.2 Å². The van der Waals surface area contributed by atoms with Crippen molar-refractivity contribution in [2.75, 3.05) is 19.5 Å². The molecular formula is C18H23NO2. The van der Waals surface area contributed by atoms with Crippen LogP contribution in [0.15, 0.2) is 36.4 Å². The first kappa shape index (κ1) is 15.2. The van der Waals surface area contributed by atoms with Crippen LogP contribution in [0.1, 0.15) is 29.7 Å². The molecule has 21 heavy (non-hydrogen) atoms. The molecule has 3 heteroatoms. The minimum Gasteiger partial charge on any atom is -0.497 e. The molecule has 2 rings (SSSR count). The Morgan fingerprint density at radius 3 is 2.29 bits per heavy atom. The molecule has 0 heterocycles. The molecule has 1 atom stereocenters. The monoisotopic (exact) mass is 285 g/mol. The van der Waals surface area contributed by atoms with Crippen molar-refractivity contribution in [2.24, 2.45) is 0 Å². The Morgan fingerprint density at radius 1 is 0.905 bits per heavy atom. The highest BCUT2D eigenvalue weighted by molar-refractivity contribution is 5.52. The quantitative estimate of drug-likeness (QED) is 0.877. The Labute approximate surface area is 126 Å². The molecule has 112 valence electrons. The van der Waals surface area contributed by atoms with E-state index in [2.05, 4.69) is 44.3 Å². The van der Waals surface area contributed by atoms with Crippen LogP contribution in [0.25, 0.3) is 0 Å². The smallest absolute Gasteiger partial charge is 0.124 e. The lowest BCUT2D eigenvalue weighted by Crippen LogP contribution is -2.08. The largest absolute Gasteiger partial charge is 0.497 e. The van der Waals surface area contributed by atoms with Crippen molar-refractivity contribution in [3.8, 4) is 11.5 Å². The van der Waals surface area contributed by atoms with Gasteiger partial charge in [-0.1, -0.05) is 6.07 Å². The third kappa shape index (κ3) is 3.48. The zero-order chi connectivity index (χ0) is 15.4. The third-order valence-electron chi connectivity index (χ3n) is 3.79. The van der Waals surface area contributed by atoms with Crippen molar-refractivity contribution in [3.05, 3.63) is 53.1 Å². The first-order valence-corrected chi connectivity index (χ1v) is 7.11. The van der Waals surface area contributed by atoms with Crippen LogP contribution in [-0.2, 0) is 0 Å². The predicted molar refractivity (Wildman–Crippen MR) is 87.5 cm³/mol. The predicted octanol–water partition coefficient (Wildman–Crippen LogP) is 4.49. The Balaban J connectivity index is 2.26. The van der Waals surface area contributed by atoms with Gasteiger partial charge in [0.25, 0.3) is 0 Å². The average Bonchev–Trinajstić information content (AvgIpc) is 2.50. The summed E-state index contributed by atoms with van der Waals surface area (Å²) in [5.41, 5.74) is 4.77. The number of anilines is 1. The van der Waals surface area contributed by atoms with E-state index < -0.39 is 0 Å². The maximum Gasteiger partial charge on any atom is 0.124 e. The van der Waals surface area contributed by atoms with E-state index in [4.69, 9.17) is 9.47 Å². The van der Waals surface area contributed by atoms with E-state index in [0.717, 1.165) is 22.7 Å². The Kier molecular flexibility index (Phi) is 4.73. The fourth-order valence-electron chi connectivity index (χ4n) is 2.34. The highest BCUT2D eigenvalue weighted by atomic mass is 16.5. The van der Waals surface area contributed by atoms with Crippen molar-refractivity contribution in [3.63, 3.8) is 0 Å². The van der Waals surface area contributed by atoms with Crippen LogP contribution in [0.4, 0.5) is 5.69 Å². The van der Waals surface area contributed by atoms with Crippen molar-refractivity contribution >= 4 is 5.69 Å². The molecule has 0 aliphatic heterocycles. The van der Waals surface area contributed by atoms with Gasteiger partial charge in [-0.25, -0.2) is 0 Å². The Morgan fingerprint density at radius 2 is 1.67 bits per heavy atom. The second-order valence-corrected chi connectivity index (χ2v) is 5.27. The molecule has 0 spiro atoms. The first-order valence-electron chi connectivity index (χ1n) is 7.11. The number of hydrogen-bond acceptors (Lipinski definition) is 3. The maximum atomic E-state index is 5.45. The van der Waals surface area contributed by atoms with Gasteiger partial charge >= 0.3 is 0 Å². The van der Waals surface area contributed by atoms with Gasteiger partial charge in [0.2, 0.25) is 0 Å². The van der Waals surface area contributed by atoms with Gasteiger partial charge in [0.1, 0.15) is 11.5 Å². The van der Waals surface area contributed by atoms with Crippen LogP contribution < -0.4 is 14.8 Å². The average molecular weight is 285 g/mol. The molecule has 1 N–H and O–H groups in total. The summed E-state index contributed by atoms with van der Waals surface area (Å²) in [5.74, 6) is 1.69. The molecule has 2 aromatic rings. The Hall–Kier alpha value is -2.16. The van der Waals surface area contributed by atoms with E-state index in [1.54, 1.807) is 14.2 Å². The zero-order valence-electron chi connectivity index (χ0n) is 13.4. The van der Waals surface area contributed by atoms with Crippen LogP contribution in [0.2, 0.25) is 0 Å². The van der Waals surface area contributed by atoms with E-state index in [0.29, 0.717) is 0 Å². The summed E-state index contributed by atoms with van der Waals surface area (Å²) in [6.07, 6.45) is 0. The molecule has 3 nitrogen and oxygen atoms in total. The number of ether oxygens (including phenoxy) is 2. The summed E-state index contributed by atoms with van der Waals surface area (Å²) < 4.78 is 10.8. The van der Waals surface area contributed by atoms with Crippen LogP contribution in [0, 0.1) is 13.8 Å². The number of rotatable bonds is 5. The maximum absolute atomic E-state index is 5.45. The van der Waals surface area contributed by atoms with Crippen molar-refractivity contribution in [1.29, 1.82) is 0 Å². The Bertz CT molecular complexity index is 623. The van der Waals surface area contributed by atoms with Gasteiger partial charge in [0.15, 0.2) is 0 Å². The molecular weight excluding hydrogens is 262 g/mol. The summed E-state index contributed by atoms with van der Waals surface area (Å²) in [6.45, 7) is 6.36. The topological polar surface area (TPSA) is 30.5 Å². The molecule has 0 aliphatic carbocycles. The normalized spacial score (nSPS) is 11.9. The lowest BCUT2D eigenvalue weighted by molar-refractivity contribution is 0.397. The van der Waals surface area contributed by atoms with E-state index in [9.17, 15) is 0 Å². The molecule has 2 aromatic carbocycles. The molecule has 0 aliphatic rings. The van der Waals surface area contributed by atoms with Crippen molar-refractivity contribution < 1.29 is 9.47 Å². The molecule has 0 saturated heterocycles. The molecule has 0 aromatic heterocycles.